The number of halogens is 1. The van der Waals surface area contributed by atoms with Gasteiger partial charge in [-0.05, 0) is 48.2 Å². The fourth-order valence-electron chi connectivity index (χ4n) is 2.02. The second-order valence-electron chi connectivity index (χ2n) is 4.28. The van der Waals surface area contributed by atoms with Crippen LogP contribution in [-0.2, 0) is 0 Å². The fraction of sp³-hybridized carbons (Fsp3) is 0.143. The van der Waals surface area contributed by atoms with Crippen LogP contribution >= 0.6 is 22.9 Å². The van der Waals surface area contributed by atoms with Gasteiger partial charge in [-0.25, -0.2) is 0 Å². The van der Waals surface area contributed by atoms with Crippen molar-refractivity contribution in [2.75, 3.05) is 0 Å². The third-order valence-electron chi connectivity index (χ3n) is 2.99. The van der Waals surface area contributed by atoms with Gasteiger partial charge in [0.2, 0.25) is 0 Å². The first kappa shape index (κ1) is 11.8. The maximum absolute atomic E-state index is 6.25. The van der Waals surface area contributed by atoms with Crippen molar-refractivity contribution in [2.24, 2.45) is 5.73 Å². The number of benzene rings is 1. The first-order chi connectivity index (χ1) is 8.65. The van der Waals surface area contributed by atoms with Crippen molar-refractivity contribution in [3.63, 3.8) is 0 Å². The van der Waals surface area contributed by atoms with E-state index in [0.717, 1.165) is 21.6 Å². The lowest BCUT2D eigenvalue weighted by Crippen LogP contribution is -2.10. The Bertz CT molecular complexity index is 701. The van der Waals surface area contributed by atoms with Gasteiger partial charge < -0.3 is 10.2 Å². The van der Waals surface area contributed by atoms with E-state index >= 15 is 0 Å². The van der Waals surface area contributed by atoms with Gasteiger partial charge in [-0.1, -0.05) is 11.6 Å². The lowest BCUT2D eigenvalue weighted by molar-refractivity contribution is 0.527. The Morgan fingerprint density at radius 2 is 2.11 bits per heavy atom. The molecule has 1 atom stereocenters. The molecule has 3 aromatic rings. The SMILES string of the molecule is Cc1ccsc1C(N)c1cc2cc(Cl)ccc2o1. The van der Waals surface area contributed by atoms with E-state index in [9.17, 15) is 0 Å². The summed E-state index contributed by atoms with van der Waals surface area (Å²) in [7, 11) is 0. The van der Waals surface area contributed by atoms with Crippen LogP contribution < -0.4 is 5.73 Å². The molecule has 2 aromatic heterocycles. The summed E-state index contributed by atoms with van der Waals surface area (Å²) in [5, 5.41) is 3.74. The zero-order valence-electron chi connectivity index (χ0n) is 9.81. The molecule has 2 heterocycles. The number of fused-ring (bicyclic) bond motifs is 1. The minimum absolute atomic E-state index is 0.212. The number of hydrogen-bond acceptors (Lipinski definition) is 3. The zero-order chi connectivity index (χ0) is 12.7. The Kier molecular flexibility index (Phi) is 2.90. The summed E-state index contributed by atoms with van der Waals surface area (Å²) in [4.78, 5) is 1.14. The lowest BCUT2D eigenvalue weighted by Gasteiger charge is -2.07. The van der Waals surface area contributed by atoms with Gasteiger partial charge >= 0.3 is 0 Å². The van der Waals surface area contributed by atoms with Gasteiger partial charge in [0, 0.05) is 15.3 Å². The molecule has 3 rings (SSSR count). The van der Waals surface area contributed by atoms with Crippen LogP contribution in [0, 0.1) is 6.92 Å². The highest BCUT2D eigenvalue weighted by Gasteiger charge is 2.17. The molecule has 2 N–H and O–H groups in total. The highest BCUT2D eigenvalue weighted by atomic mass is 35.5. The van der Waals surface area contributed by atoms with E-state index in [1.165, 1.54) is 5.56 Å². The van der Waals surface area contributed by atoms with Gasteiger partial charge in [0.1, 0.15) is 11.3 Å². The Labute approximate surface area is 114 Å². The smallest absolute Gasteiger partial charge is 0.134 e. The van der Waals surface area contributed by atoms with E-state index in [1.54, 1.807) is 11.3 Å². The Balaban J connectivity index is 2.07. The van der Waals surface area contributed by atoms with Crippen molar-refractivity contribution in [1.29, 1.82) is 0 Å². The zero-order valence-corrected chi connectivity index (χ0v) is 11.4. The summed E-state index contributed by atoms with van der Waals surface area (Å²) in [6.45, 7) is 2.06. The summed E-state index contributed by atoms with van der Waals surface area (Å²) < 4.78 is 5.79. The molecule has 92 valence electrons. The molecule has 0 saturated carbocycles. The van der Waals surface area contributed by atoms with Crippen LogP contribution in [0.4, 0.5) is 0 Å². The van der Waals surface area contributed by atoms with Gasteiger partial charge in [-0.3, -0.25) is 0 Å². The predicted molar refractivity (Wildman–Crippen MR) is 76.3 cm³/mol. The van der Waals surface area contributed by atoms with Crippen molar-refractivity contribution in [2.45, 2.75) is 13.0 Å². The van der Waals surface area contributed by atoms with E-state index in [0.29, 0.717) is 5.02 Å². The van der Waals surface area contributed by atoms with Crippen LogP contribution in [0.1, 0.15) is 22.2 Å². The van der Waals surface area contributed by atoms with E-state index in [-0.39, 0.29) is 6.04 Å². The molecule has 0 fully saturated rings. The van der Waals surface area contributed by atoms with Gasteiger partial charge in [0.05, 0.1) is 6.04 Å². The number of thiophene rings is 1. The summed E-state index contributed by atoms with van der Waals surface area (Å²) >= 11 is 7.62. The summed E-state index contributed by atoms with van der Waals surface area (Å²) in [6, 6.07) is 9.40. The van der Waals surface area contributed by atoms with Crippen molar-refractivity contribution in [1.82, 2.24) is 0 Å². The Morgan fingerprint density at radius 3 is 2.83 bits per heavy atom. The largest absolute Gasteiger partial charge is 0.459 e. The molecular formula is C14H12ClNOS. The summed E-state index contributed by atoms with van der Waals surface area (Å²) in [6.07, 6.45) is 0. The molecule has 2 nitrogen and oxygen atoms in total. The molecule has 1 aromatic carbocycles. The third-order valence-corrected chi connectivity index (χ3v) is 4.33. The number of aryl methyl sites for hydroxylation is 1. The Morgan fingerprint density at radius 1 is 1.28 bits per heavy atom. The number of hydrogen-bond donors (Lipinski definition) is 1. The molecule has 18 heavy (non-hydrogen) atoms. The van der Waals surface area contributed by atoms with Gasteiger partial charge in [0.15, 0.2) is 0 Å². The lowest BCUT2D eigenvalue weighted by atomic mass is 10.1. The standard InChI is InChI=1S/C14H12ClNOS/c1-8-4-5-18-14(8)13(16)12-7-9-6-10(15)2-3-11(9)17-12/h2-7,13H,16H2,1H3. The molecule has 1 unspecified atom stereocenters. The molecule has 4 heteroatoms. The fourth-order valence-corrected chi connectivity index (χ4v) is 3.14. The normalized spacial score (nSPS) is 13.1. The molecule has 0 amide bonds. The molecule has 0 bridgehead atoms. The molecule has 0 saturated heterocycles. The predicted octanol–water partition coefficient (Wildman–Crippen LogP) is 4.50. The highest BCUT2D eigenvalue weighted by molar-refractivity contribution is 7.10. The van der Waals surface area contributed by atoms with Gasteiger partial charge in [-0.2, -0.15) is 0 Å². The van der Waals surface area contributed by atoms with E-state index in [4.69, 9.17) is 21.8 Å². The minimum Gasteiger partial charge on any atom is -0.459 e. The maximum atomic E-state index is 6.25. The molecular weight excluding hydrogens is 266 g/mol. The molecule has 0 aliphatic rings. The number of rotatable bonds is 2. The van der Waals surface area contributed by atoms with Crippen LogP contribution in [0.2, 0.25) is 5.02 Å². The van der Waals surface area contributed by atoms with Crippen LogP contribution in [-0.4, -0.2) is 0 Å². The van der Waals surface area contributed by atoms with Crippen molar-refractivity contribution < 1.29 is 4.42 Å². The van der Waals surface area contributed by atoms with Crippen molar-refractivity contribution in [3.05, 3.63) is 56.9 Å². The monoisotopic (exact) mass is 277 g/mol. The Hall–Kier alpha value is -1.29. The van der Waals surface area contributed by atoms with E-state index in [1.807, 2.05) is 29.6 Å². The first-order valence-electron chi connectivity index (χ1n) is 5.64. The molecule has 0 spiro atoms. The van der Waals surface area contributed by atoms with Gasteiger partial charge in [-0.15, -0.1) is 11.3 Å². The number of nitrogens with two attached hydrogens (primary N) is 1. The second-order valence-corrected chi connectivity index (χ2v) is 5.66. The van der Waals surface area contributed by atoms with Crippen molar-refractivity contribution in [3.8, 4) is 0 Å². The maximum Gasteiger partial charge on any atom is 0.134 e. The first-order valence-corrected chi connectivity index (χ1v) is 6.89. The van der Waals surface area contributed by atoms with Crippen LogP contribution in [0.5, 0.6) is 0 Å². The summed E-state index contributed by atoms with van der Waals surface area (Å²) in [5.74, 6) is 0.776. The molecule has 0 aliphatic carbocycles. The molecule has 0 radical (unpaired) electrons. The highest BCUT2D eigenvalue weighted by Crippen LogP contribution is 2.31. The topological polar surface area (TPSA) is 39.2 Å². The van der Waals surface area contributed by atoms with Crippen LogP contribution in [0.3, 0.4) is 0 Å². The van der Waals surface area contributed by atoms with Crippen LogP contribution in [0.25, 0.3) is 11.0 Å². The minimum atomic E-state index is -0.212. The molecule has 0 aliphatic heterocycles. The average Bonchev–Trinajstić information content (AvgIpc) is 2.93. The van der Waals surface area contributed by atoms with Crippen LogP contribution in [0.15, 0.2) is 40.1 Å². The quantitative estimate of drug-likeness (QED) is 0.749. The average molecular weight is 278 g/mol. The van der Waals surface area contributed by atoms with E-state index in [2.05, 4.69) is 13.0 Å². The second kappa shape index (κ2) is 4.43. The summed E-state index contributed by atoms with van der Waals surface area (Å²) in [5.41, 5.74) is 8.27. The van der Waals surface area contributed by atoms with Crippen molar-refractivity contribution >= 4 is 33.9 Å². The van der Waals surface area contributed by atoms with Gasteiger partial charge in [0.25, 0.3) is 0 Å². The van der Waals surface area contributed by atoms with E-state index < -0.39 is 0 Å². The number of furan rings is 1. The third kappa shape index (κ3) is 1.94.